The molecule has 0 radical (unpaired) electrons. The molecule has 3 aromatic rings. The fourth-order valence-electron chi connectivity index (χ4n) is 2.89. The molecule has 0 saturated carbocycles. The van der Waals surface area contributed by atoms with Gasteiger partial charge in [-0.1, -0.05) is 28.9 Å². The van der Waals surface area contributed by atoms with E-state index in [1.165, 1.54) is 17.7 Å². The average molecular weight is 413 g/mol. The minimum absolute atomic E-state index is 0.0757. The first kappa shape index (κ1) is 18.6. The van der Waals surface area contributed by atoms with E-state index in [0.717, 1.165) is 22.8 Å². The maximum atomic E-state index is 12.2. The van der Waals surface area contributed by atoms with Gasteiger partial charge in [0.1, 0.15) is 18.2 Å². The van der Waals surface area contributed by atoms with Gasteiger partial charge in [0.15, 0.2) is 5.78 Å². The highest BCUT2D eigenvalue weighted by Gasteiger charge is 2.23. The van der Waals surface area contributed by atoms with E-state index in [1.807, 2.05) is 24.3 Å². The van der Waals surface area contributed by atoms with Gasteiger partial charge in [-0.15, -0.1) is 11.3 Å². The molecule has 0 bridgehead atoms. The molecule has 1 N–H and O–H groups in total. The Morgan fingerprint density at radius 2 is 2.07 bits per heavy atom. The summed E-state index contributed by atoms with van der Waals surface area (Å²) < 4.78 is 0.628. The number of oxime groups is 1. The van der Waals surface area contributed by atoms with Crippen molar-refractivity contribution in [2.24, 2.45) is 5.16 Å². The monoisotopic (exact) mass is 412 g/mol. The van der Waals surface area contributed by atoms with Gasteiger partial charge in [-0.3, -0.25) is 4.79 Å². The molecule has 2 aromatic heterocycles. The van der Waals surface area contributed by atoms with E-state index in [-0.39, 0.29) is 11.9 Å². The highest BCUT2D eigenvalue weighted by molar-refractivity contribution is 7.18. The van der Waals surface area contributed by atoms with Gasteiger partial charge in [0.2, 0.25) is 0 Å². The zero-order valence-electron chi connectivity index (χ0n) is 14.8. The number of halogens is 1. The van der Waals surface area contributed by atoms with Gasteiger partial charge in [0, 0.05) is 24.7 Å². The fraction of sp³-hybridized carbons (Fsp3) is 0.200. The number of benzene rings is 1. The summed E-state index contributed by atoms with van der Waals surface area (Å²) in [7, 11) is 0. The molecule has 6 nitrogen and oxygen atoms in total. The van der Waals surface area contributed by atoms with Crippen molar-refractivity contribution in [1.82, 2.24) is 9.97 Å². The first-order valence-electron chi connectivity index (χ1n) is 8.82. The van der Waals surface area contributed by atoms with Crippen LogP contribution in [0, 0.1) is 0 Å². The van der Waals surface area contributed by atoms with E-state index in [9.17, 15) is 4.79 Å². The van der Waals surface area contributed by atoms with Gasteiger partial charge < -0.3 is 10.2 Å². The number of anilines is 2. The summed E-state index contributed by atoms with van der Waals surface area (Å²) >= 11 is 7.20. The van der Waals surface area contributed by atoms with Crippen LogP contribution in [0.2, 0.25) is 4.34 Å². The standard InChI is InChI=1S/C20H17ClN4O2S/c21-19-8-7-18(28-19)17(26)6-5-15-11-16(25-27-15)13-1-3-14(4-2-13)24-20-9-10-22-12-23-20/h1-4,7-10,12,15H,5-6,11H2,(H,22,23,24). The quantitative estimate of drug-likeness (QED) is 0.547. The molecule has 1 aromatic carbocycles. The van der Waals surface area contributed by atoms with Crippen LogP contribution in [0.15, 0.2) is 60.1 Å². The number of thiophene rings is 1. The number of nitrogens with one attached hydrogen (secondary N) is 1. The van der Waals surface area contributed by atoms with Gasteiger partial charge >= 0.3 is 0 Å². The number of carbonyl (C=O) groups is 1. The van der Waals surface area contributed by atoms with E-state index < -0.39 is 0 Å². The number of rotatable bonds is 7. The molecule has 0 amide bonds. The first-order chi connectivity index (χ1) is 13.7. The van der Waals surface area contributed by atoms with Crippen LogP contribution in [0.4, 0.5) is 11.5 Å². The summed E-state index contributed by atoms with van der Waals surface area (Å²) in [5, 5.41) is 7.41. The second-order valence-corrected chi connectivity index (χ2v) is 8.05. The zero-order valence-corrected chi connectivity index (χ0v) is 16.4. The van der Waals surface area contributed by atoms with Crippen molar-refractivity contribution < 1.29 is 9.63 Å². The Morgan fingerprint density at radius 3 is 2.79 bits per heavy atom. The molecular weight excluding hydrogens is 396 g/mol. The molecule has 28 heavy (non-hydrogen) atoms. The van der Waals surface area contributed by atoms with Gasteiger partial charge in [0.05, 0.1) is 14.9 Å². The Labute approximate surface area is 171 Å². The summed E-state index contributed by atoms with van der Waals surface area (Å²) in [6, 6.07) is 13.2. The molecule has 1 unspecified atom stereocenters. The predicted molar refractivity (Wildman–Crippen MR) is 111 cm³/mol. The number of aromatic nitrogens is 2. The van der Waals surface area contributed by atoms with Gasteiger partial charge in [-0.25, -0.2) is 9.97 Å². The molecule has 4 rings (SSSR count). The topological polar surface area (TPSA) is 76.5 Å². The molecule has 3 heterocycles. The summed E-state index contributed by atoms with van der Waals surface area (Å²) in [6.07, 6.45) is 4.86. The van der Waals surface area contributed by atoms with Crippen LogP contribution in [0.1, 0.15) is 34.5 Å². The lowest BCUT2D eigenvalue weighted by molar-refractivity contribution is 0.0720. The van der Waals surface area contributed by atoms with Crippen LogP contribution in [0.25, 0.3) is 0 Å². The number of hydrogen-bond acceptors (Lipinski definition) is 7. The van der Waals surface area contributed by atoms with Crippen molar-refractivity contribution >= 4 is 45.9 Å². The minimum Gasteiger partial charge on any atom is -0.392 e. The van der Waals surface area contributed by atoms with Crippen LogP contribution >= 0.6 is 22.9 Å². The van der Waals surface area contributed by atoms with Crippen LogP contribution < -0.4 is 5.32 Å². The number of carbonyl (C=O) groups excluding carboxylic acids is 1. The maximum Gasteiger partial charge on any atom is 0.172 e. The van der Waals surface area contributed by atoms with E-state index >= 15 is 0 Å². The van der Waals surface area contributed by atoms with Gasteiger partial charge in [0.25, 0.3) is 0 Å². The van der Waals surface area contributed by atoms with Crippen molar-refractivity contribution in [2.45, 2.75) is 25.4 Å². The summed E-state index contributed by atoms with van der Waals surface area (Å²) in [6.45, 7) is 0. The van der Waals surface area contributed by atoms with Crippen LogP contribution in [0.3, 0.4) is 0 Å². The molecule has 8 heteroatoms. The lowest BCUT2D eigenvalue weighted by Gasteiger charge is -2.07. The molecule has 0 spiro atoms. The average Bonchev–Trinajstić information content (AvgIpc) is 3.37. The highest BCUT2D eigenvalue weighted by Crippen LogP contribution is 2.25. The van der Waals surface area contributed by atoms with E-state index in [0.29, 0.717) is 28.5 Å². The predicted octanol–water partition coefficient (Wildman–Crippen LogP) is 5.09. The number of ketones is 1. The van der Waals surface area contributed by atoms with Crippen molar-refractivity contribution in [3.8, 4) is 0 Å². The van der Waals surface area contributed by atoms with Crippen LogP contribution in [-0.4, -0.2) is 27.6 Å². The fourth-order valence-corrected chi connectivity index (χ4v) is 3.90. The number of hydrogen-bond donors (Lipinski definition) is 1. The normalized spacial score (nSPS) is 15.8. The van der Waals surface area contributed by atoms with Crippen LogP contribution in [-0.2, 0) is 4.84 Å². The first-order valence-corrected chi connectivity index (χ1v) is 10.0. The summed E-state index contributed by atoms with van der Waals surface area (Å²) in [5.41, 5.74) is 2.83. The summed E-state index contributed by atoms with van der Waals surface area (Å²) in [4.78, 5) is 26.4. The van der Waals surface area contributed by atoms with Crippen molar-refractivity contribution in [3.05, 3.63) is 69.8 Å². The van der Waals surface area contributed by atoms with E-state index in [4.69, 9.17) is 16.4 Å². The molecule has 1 aliphatic heterocycles. The third kappa shape index (κ3) is 4.55. The molecular formula is C20H17ClN4O2S. The van der Waals surface area contributed by atoms with Crippen LogP contribution in [0.5, 0.6) is 0 Å². The highest BCUT2D eigenvalue weighted by atomic mass is 35.5. The Morgan fingerprint density at radius 1 is 1.21 bits per heavy atom. The molecule has 1 aliphatic rings. The Bertz CT molecular complexity index is 989. The van der Waals surface area contributed by atoms with Crippen molar-refractivity contribution in [3.63, 3.8) is 0 Å². The Kier molecular flexibility index (Phi) is 5.64. The van der Waals surface area contributed by atoms with Gasteiger partial charge in [-0.2, -0.15) is 0 Å². The SMILES string of the molecule is O=C(CCC1CC(c2ccc(Nc3ccncn3)cc2)=NO1)c1ccc(Cl)s1. The zero-order chi connectivity index (χ0) is 19.3. The third-order valence-electron chi connectivity index (χ3n) is 4.35. The molecule has 0 fully saturated rings. The Balaban J connectivity index is 1.29. The molecule has 1 atom stereocenters. The largest absolute Gasteiger partial charge is 0.392 e. The van der Waals surface area contributed by atoms with E-state index in [1.54, 1.807) is 24.4 Å². The van der Waals surface area contributed by atoms with Crippen molar-refractivity contribution in [2.75, 3.05) is 5.32 Å². The number of nitrogens with zero attached hydrogens (tertiary/aromatic N) is 3. The number of Topliss-reactive ketones (excluding diaryl/α,β-unsaturated/α-hetero) is 1. The lowest BCUT2D eigenvalue weighted by Crippen LogP contribution is -2.11. The maximum absolute atomic E-state index is 12.2. The molecule has 142 valence electrons. The summed E-state index contributed by atoms with van der Waals surface area (Å²) in [5.74, 6) is 0.829. The second kappa shape index (κ2) is 8.50. The molecule has 0 saturated heterocycles. The van der Waals surface area contributed by atoms with E-state index in [2.05, 4.69) is 20.4 Å². The molecule has 0 aliphatic carbocycles. The second-order valence-electron chi connectivity index (χ2n) is 6.33. The third-order valence-corrected chi connectivity index (χ3v) is 5.62. The Hall–Kier alpha value is -2.77. The minimum atomic E-state index is -0.0757. The van der Waals surface area contributed by atoms with Gasteiger partial charge in [-0.05, 0) is 42.3 Å². The van der Waals surface area contributed by atoms with Crippen molar-refractivity contribution in [1.29, 1.82) is 0 Å². The smallest absolute Gasteiger partial charge is 0.172 e. The lowest BCUT2D eigenvalue weighted by atomic mass is 10.0.